The smallest absolute Gasteiger partial charge is 0.335 e. The molecule has 6 nitrogen and oxygen atoms in total. The summed E-state index contributed by atoms with van der Waals surface area (Å²) in [4.78, 5) is 39.5. The van der Waals surface area contributed by atoms with Crippen molar-refractivity contribution in [3.8, 4) is 0 Å². The first-order valence-corrected chi connectivity index (χ1v) is 6.61. The number of hydrogen-bond donors (Lipinski definition) is 1. The second-order valence-electron chi connectivity index (χ2n) is 3.97. The summed E-state index contributed by atoms with van der Waals surface area (Å²) in [6, 6.07) is 2.78. The number of pyridine rings is 1. The molecule has 100 valence electrons. The van der Waals surface area contributed by atoms with E-state index >= 15 is 0 Å². The predicted octanol–water partition coefficient (Wildman–Crippen LogP) is 1.02. The molecule has 1 aliphatic rings. The average molecular weight is 280 g/mol. The fourth-order valence-corrected chi connectivity index (χ4v) is 2.89. The van der Waals surface area contributed by atoms with E-state index in [0.29, 0.717) is 11.6 Å². The summed E-state index contributed by atoms with van der Waals surface area (Å²) in [5.41, 5.74) is 0.113. The molecular formula is C12H12N2O4S. The fourth-order valence-electron chi connectivity index (χ4n) is 1.83. The number of thioether (sulfide) groups is 1. The Bertz CT molecular complexity index is 546. The number of likely N-dealkylation sites (tertiary alicyclic amines) is 1. The lowest BCUT2D eigenvalue weighted by Crippen LogP contribution is -2.30. The van der Waals surface area contributed by atoms with Gasteiger partial charge in [-0.1, -0.05) is 11.8 Å². The number of carbonyl (C=O) groups is 3. The predicted molar refractivity (Wildman–Crippen MR) is 67.9 cm³/mol. The van der Waals surface area contributed by atoms with Crippen molar-refractivity contribution in [1.29, 1.82) is 0 Å². The van der Waals surface area contributed by atoms with Crippen molar-refractivity contribution in [3.63, 3.8) is 0 Å². The van der Waals surface area contributed by atoms with Crippen LogP contribution in [0.2, 0.25) is 0 Å². The van der Waals surface area contributed by atoms with Crippen LogP contribution in [0.4, 0.5) is 0 Å². The van der Waals surface area contributed by atoms with Crippen molar-refractivity contribution in [2.75, 3.05) is 6.54 Å². The Kier molecular flexibility index (Phi) is 3.84. The van der Waals surface area contributed by atoms with Gasteiger partial charge in [-0.25, -0.2) is 9.78 Å². The third-order valence-electron chi connectivity index (χ3n) is 2.76. The molecule has 1 aromatic heterocycles. The lowest BCUT2D eigenvalue weighted by Gasteiger charge is -2.11. The number of nitrogens with zero attached hydrogens (tertiary/aromatic N) is 2. The quantitative estimate of drug-likeness (QED) is 0.828. The summed E-state index contributed by atoms with van der Waals surface area (Å²) >= 11 is 1.13. The standard InChI is InChI=1S/C12H12N2O4S/c1-2-14-10(15)6-8(11(14)16)19-9-5-7(12(17)18)3-4-13-9/h3-5,8H,2,6H2,1H3,(H,17,18). The van der Waals surface area contributed by atoms with Crippen molar-refractivity contribution >= 4 is 29.5 Å². The summed E-state index contributed by atoms with van der Waals surface area (Å²) < 4.78 is 0. The summed E-state index contributed by atoms with van der Waals surface area (Å²) in [5.74, 6) is -1.48. The minimum Gasteiger partial charge on any atom is -0.478 e. The maximum absolute atomic E-state index is 11.9. The summed E-state index contributed by atoms with van der Waals surface area (Å²) in [6.45, 7) is 2.10. The first kappa shape index (κ1) is 13.5. The van der Waals surface area contributed by atoms with Gasteiger partial charge in [0, 0.05) is 19.2 Å². The van der Waals surface area contributed by atoms with E-state index < -0.39 is 11.2 Å². The summed E-state index contributed by atoms with van der Waals surface area (Å²) in [5, 5.41) is 8.80. The maximum atomic E-state index is 11.9. The number of aromatic nitrogens is 1. The molecule has 1 saturated heterocycles. The molecule has 0 spiro atoms. The fraction of sp³-hybridized carbons (Fsp3) is 0.333. The third-order valence-corrected chi connectivity index (χ3v) is 3.88. The van der Waals surface area contributed by atoms with Crippen molar-refractivity contribution < 1.29 is 19.5 Å². The molecule has 0 aromatic carbocycles. The van der Waals surface area contributed by atoms with Gasteiger partial charge in [0.05, 0.1) is 15.8 Å². The number of carboxylic acid groups (broad SMARTS) is 1. The first-order chi connectivity index (χ1) is 9.02. The molecule has 0 aliphatic carbocycles. The number of imide groups is 1. The molecule has 0 radical (unpaired) electrons. The average Bonchev–Trinajstić information content (AvgIpc) is 2.64. The Labute approximate surface area is 113 Å². The van der Waals surface area contributed by atoms with E-state index in [1.54, 1.807) is 6.92 Å². The van der Waals surface area contributed by atoms with Gasteiger partial charge in [0.2, 0.25) is 11.8 Å². The van der Waals surface area contributed by atoms with Crippen LogP contribution in [0, 0.1) is 0 Å². The number of carbonyl (C=O) groups excluding carboxylic acids is 2. The van der Waals surface area contributed by atoms with E-state index in [0.717, 1.165) is 11.8 Å². The normalized spacial score (nSPS) is 19.0. The summed E-state index contributed by atoms with van der Waals surface area (Å²) in [6.07, 6.45) is 1.51. The second kappa shape index (κ2) is 5.40. The zero-order valence-corrected chi connectivity index (χ0v) is 11.0. The van der Waals surface area contributed by atoms with Crippen LogP contribution in [0.15, 0.2) is 23.4 Å². The van der Waals surface area contributed by atoms with Crippen LogP contribution in [-0.4, -0.2) is 44.6 Å². The van der Waals surface area contributed by atoms with Crippen LogP contribution in [0.25, 0.3) is 0 Å². The Hall–Kier alpha value is -1.89. The highest BCUT2D eigenvalue weighted by Crippen LogP contribution is 2.30. The lowest BCUT2D eigenvalue weighted by atomic mass is 10.3. The van der Waals surface area contributed by atoms with E-state index in [1.165, 1.54) is 23.2 Å². The lowest BCUT2D eigenvalue weighted by molar-refractivity contribution is -0.137. The second-order valence-corrected chi connectivity index (χ2v) is 5.20. The van der Waals surface area contributed by atoms with Gasteiger partial charge in [-0.3, -0.25) is 14.5 Å². The van der Waals surface area contributed by atoms with Crippen LogP contribution < -0.4 is 0 Å². The van der Waals surface area contributed by atoms with E-state index in [2.05, 4.69) is 4.98 Å². The van der Waals surface area contributed by atoms with Gasteiger partial charge >= 0.3 is 5.97 Å². The molecule has 19 heavy (non-hydrogen) atoms. The van der Waals surface area contributed by atoms with Crippen molar-refractivity contribution in [2.45, 2.75) is 23.6 Å². The summed E-state index contributed by atoms with van der Waals surface area (Å²) in [7, 11) is 0. The number of hydrogen-bond acceptors (Lipinski definition) is 5. The van der Waals surface area contributed by atoms with E-state index in [-0.39, 0.29) is 23.8 Å². The molecule has 0 saturated carbocycles. The highest BCUT2D eigenvalue weighted by molar-refractivity contribution is 8.00. The molecule has 1 aromatic rings. The topological polar surface area (TPSA) is 87.6 Å². The Morgan fingerprint density at radius 2 is 2.32 bits per heavy atom. The van der Waals surface area contributed by atoms with E-state index in [9.17, 15) is 14.4 Å². The van der Waals surface area contributed by atoms with Crippen LogP contribution in [0.1, 0.15) is 23.7 Å². The monoisotopic (exact) mass is 280 g/mol. The minimum absolute atomic E-state index is 0.113. The molecule has 7 heteroatoms. The molecule has 1 aliphatic heterocycles. The number of aromatic carboxylic acids is 1. The molecule has 1 unspecified atom stereocenters. The van der Waals surface area contributed by atoms with Crippen molar-refractivity contribution in [2.24, 2.45) is 0 Å². The Balaban J connectivity index is 2.14. The molecule has 0 bridgehead atoms. The Morgan fingerprint density at radius 3 is 2.89 bits per heavy atom. The zero-order chi connectivity index (χ0) is 14.0. The van der Waals surface area contributed by atoms with Crippen LogP contribution >= 0.6 is 11.8 Å². The third kappa shape index (κ3) is 2.76. The maximum Gasteiger partial charge on any atom is 0.335 e. The van der Waals surface area contributed by atoms with Gasteiger partial charge < -0.3 is 5.11 Å². The van der Waals surface area contributed by atoms with Crippen molar-refractivity contribution in [3.05, 3.63) is 23.9 Å². The first-order valence-electron chi connectivity index (χ1n) is 5.73. The SMILES string of the molecule is CCN1C(=O)CC(Sc2cc(C(=O)O)ccn2)C1=O. The van der Waals surface area contributed by atoms with Crippen LogP contribution in [0.5, 0.6) is 0 Å². The molecule has 1 fully saturated rings. The minimum atomic E-state index is -1.05. The number of rotatable bonds is 4. The van der Waals surface area contributed by atoms with Crippen LogP contribution in [-0.2, 0) is 9.59 Å². The van der Waals surface area contributed by atoms with E-state index in [1.807, 2.05) is 0 Å². The number of carboxylic acids is 1. The Morgan fingerprint density at radius 1 is 1.58 bits per heavy atom. The van der Waals surface area contributed by atoms with Gasteiger partial charge in [0.25, 0.3) is 0 Å². The van der Waals surface area contributed by atoms with Crippen molar-refractivity contribution in [1.82, 2.24) is 9.88 Å². The van der Waals surface area contributed by atoms with Gasteiger partial charge in [0.15, 0.2) is 0 Å². The number of amides is 2. The van der Waals surface area contributed by atoms with Gasteiger partial charge in [-0.2, -0.15) is 0 Å². The van der Waals surface area contributed by atoms with Crippen LogP contribution in [0.3, 0.4) is 0 Å². The molecule has 2 rings (SSSR count). The molecular weight excluding hydrogens is 268 g/mol. The van der Waals surface area contributed by atoms with E-state index in [4.69, 9.17) is 5.11 Å². The molecule has 1 N–H and O–H groups in total. The zero-order valence-electron chi connectivity index (χ0n) is 10.2. The highest BCUT2D eigenvalue weighted by Gasteiger charge is 2.38. The van der Waals surface area contributed by atoms with Gasteiger partial charge in [-0.15, -0.1) is 0 Å². The van der Waals surface area contributed by atoms with Gasteiger partial charge in [-0.05, 0) is 19.1 Å². The molecule has 1 atom stereocenters. The largest absolute Gasteiger partial charge is 0.478 e. The van der Waals surface area contributed by atoms with Gasteiger partial charge in [0.1, 0.15) is 0 Å². The molecule has 2 amide bonds. The molecule has 2 heterocycles. The highest BCUT2D eigenvalue weighted by atomic mass is 32.2.